The normalized spacial score (nSPS) is 9.79. The zero-order valence-corrected chi connectivity index (χ0v) is 13.2. The van der Waals surface area contributed by atoms with Crippen molar-refractivity contribution in [3.05, 3.63) is 36.4 Å². The van der Waals surface area contributed by atoms with Crippen molar-refractivity contribution in [1.29, 1.82) is 0 Å². The van der Waals surface area contributed by atoms with E-state index in [9.17, 15) is 0 Å². The first-order valence-corrected chi connectivity index (χ1v) is 8.41. The summed E-state index contributed by atoms with van der Waals surface area (Å²) < 4.78 is 0. The van der Waals surface area contributed by atoms with Gasteiger partial charge in [0.15, 0.2) is 0 Å². The van der Waals surface area contributed by atoms with E-state index < -0.39 is 0 Å². The van der Waals surface area contributed by atoms with Crippen molar-refractivity contribution >= 4 is 0 Å². The van der Waals surface area contributed by atoms with Gasteiger partial charge in [-0.1, -0.05) is 121 Å². The molecule has 0 aromatic heterocycles. The fourth-order valence-corrected chi connectivity index (χ4v) is 2.12. The van der Waals surface area contributed by atoms with E-state index in [-0.39, 0.29) is 0 Å². The van der Waals surface area contributed by atoms with E-state index in [4.69, 9.17) is 0 Å². The zero-order chi connectivity index (χ0) is 14.0. The van der Waals surface area contributed by atoms with Crippen molar-refractivity contribution in [2.75, 3.05) is 0 Å². The van der Waals surface area contributed by atoms with Crippen LogP contribution in [-0.2, 0) is 0 Å². The summed E-state index contributed by atoms with van der Waals surface area (Å²) >= 11 is 0. The lowest BCUT2D eigenvalue weighted by Crippen LogP contribution is -1.80. The molecule has 19 heavy (non-hydrogen) atoms. The number of rotatable bonds is 10. The van der Waals surface area contributed by atoms with Gasteiger partial charge in [-0.05, 0) is 0 Å². The van der Waals surface area contributed by atoms with Crippen LogP contribution in [0.4, 0.5) is 0 Å². The maximum Gasteiger partial charge on any atom is -0.0533 e. The molecule has 0 fully saturated rings. The highest BCUT2D eigenvalue weighted by molar-refractivity contribution is 4.99. The first-order valence-electron chi connectivity index (χ1n) is 8.41. The van der Waals surface area contributed by atoms with Crippen LogP contribution in [0.3, 0.4) is 0 Å². The van der Waals surface area contributed by atoms with Crippen molar-refractivity contribution in [3.63, 3.8) is 0 Å². The Morgan fingerprint density at radius 2 is 0.579 bits per heavy atom. The second-order valence-electron chi connectivity index (χ2n) is 5.34. The molecular formula is C19H34. The van der Waals surface area contributed by atoms with Crippen LogP contribution in [0.2, 0.25) is 0 Å². The van der Waals surface area contributed by atoms with Crippen LogP contribution in [0.15, 0.2) is 36.4 Å². The van der Waals surface area contributed by atoms with E-state index in [1.54, 1.807) is 0 Å². The predicted molar refractivity (Wildman–Crippen MR) is 88.6 cm³/mol. The molecule has 1 aromatic rings. The van der Waals surface area contributed by atoms with Gasteiger partial charge in [-0.2, -0.15) is 0 Å². The number of hydrogen-bond donors (Lipinski definition) is 0. The van der Waals surface area contributed by atoms with Crippen molar-refractivity contribution in [2.24, 2.45) is 0 Å². The van der Waals surface area contributed by atoms with Crippen molar-refractivity contribution in [1.82, 2.24) is 0 Å². The summed E-state index contributed by atoms with van der Waals surface area (Å²) in [5, 5.41) is 0. The summed E-state index contributed by atoms with van der Waals surface area (Å²) in [5.74, 6) is 0. The lowest BCUT2D eigenvalue weighted by Gasteiger charge is -2.00. The van der Waals surface area contributed by atoms with Gasteiger partial charge in [0, 0.05) is 0 Å². The molecule has 0 amide bonds. The third-order valence-corrected chi connectivity index (χ3v) is 3.37. The smallest absolute Gasteiger partial charge is 0.0533 e. The summed E-state index contributed by atoms with van der Waals surface area (Å²) in [5.41, 5.74) is 0. The molecule has 0 atom stereocenters. The lowest BCUT2D eigenvalue weighted by atomic mass is 10.1. The molecule has 0 nitrogen and oxygen atoms in total. The second-order valence-corrected chi connectivity index (χ2v) is 5.34. The molecule has 0 bridgehead atoms. The quantitative estimate of drug-likeness (QED) is 0.398. The summed E-state index contributed by atoms with van der Waals surface area (Å²) in [6.07, 6.45) is 15.9. The summed E-state index contributed by atoms with van der Waals surface area (Å²) in [7, 11) is 0. The Bertz CT molecular complexity index is 190. The third kappa shape index (κ3) is 17.2. The van der Waals surface area contributed by atoms with Crippen molar-refractivity contribution < 1.29 is 0 Å². The molecule has 0 saturated heterocycles. The standard InChI is InChI=1S/C13H28.C6H6/c1-3-5-7-9-11-13-12-10-8-6-4-2;1-2-4-6-5-3-1/h3-13H2,1-2H3;1-6H. The van der Waals surface area contributed by atoms with Crippen molar-refractivity contribution in [2.45, 2.75) is 84.5 Å². The van der Waals surface area contributed by atoms with Gasteiger partial charge in [-0.15, -0.1) is 0 Å². The Labute approximate surface area is 121 Å². The molecule has 0 unspecified atom stereocenters. The fourth-order valence-electron chi connectivity index (χ4n) is 2.12. The van der Waals surface area contributed by atoms with Gasteiger partial charge in [0.1, 0.15) is 0 Å². The van der Waals surface area contributed by atoms with Gasteiger partial charge >= 0.3 is 0 Å². The highest BCUT2D eigenvalue weighted by atomic mass is 14.0. The molecule has 0 heteroatoms. The van der Waals surface area contributed by atoms with E-state index in [0.29, 0.717) is 0 Å². The predicted octanol–water partition coefficient (Wildman–Crippen LogP) is 7.00. The Balaban J connectivity index is 0.000000443. The SMILES string of the molecule is CCCCCCCCCCCCC.c1ccccc1. The second kappa shape index (κ2) is 17.2. The maximum atomic E-state index is 2.28. The fraction of sp³-hybridized carbons (Fsp3) is 0.684. The van der Waals surface area contributed by atoms with Gasteiger partial charge in [0.25, 0.3) is 0 Å². The van der Waals surface area contributed by atoms with E-state index in [2.05, 4.69) is 13.8 Å². The van der Waals surface area contributed by atoms with E-state index in [1.807, 2.05) is 36.4 Å². The van der Waals surface area contributed by atoms with E-state index >= 15 is 0 Å². The average Bonchev–Trinajstić information content (AvgIpc) is 2.48. The van der Waals surface area contributed by atoms with Crippen LogP contribution in [0.5, 0.6) is 0 Å². The van der Waals surface area contributed by atoms with Crippen LogP contribution in [0.25, 0.3) is 0 Å². The zero-order valence-electron chi connectivity index (χ0n) is 13.2. The van der Waals surface area contributed by atoms with Crippen LogP contribution >= 0.6 is 0 Å². The summed E-state index contributed by atoms with van der Waals surface area (Å²) in [4.78, 5) is 0. The molecule has 0 aliphatic heterocycles. The monoisotopic (exact) mass is 262 g/mol. The molecule has 1 rings (SSSR count). The first-order chi connectivity index (χ1) is 9.41. The topological polar surface area (TPSA) is 0 Å². The van der Waals surface area contributed by atoms with Crippen LogP contribution in [0.1, 0.15) is 84.5 Å². The van der Waals surface area contributed by atoms with E-state index in [0.717, 1.165) is 0 Å². The van der Waals surface area contributed by atoms with Gasteiger partial charge in [0.05, 0.1) is 0 Å². The average molecular weight is 262 g/mol. The lowest BCUT2D eigenvalue weighted by molar-refractivity contribution is 0.554. The molecule has 0 saturated carbocycles. The highest BCUT2D eigenvalue weighted by Crippen LogP contribution is 2.10. The molecule has 0 radical (unpaired) electrons. The van der Waals surface area contributed by atoms with Crippen LogP contribution in [0, 0.1) is 0 Å². The number of unbranched alkanes of at least 4 members (excludes halogenated alkanes) is 10. The number of benzene rings is 1. The Morgan fingerprint density at radius 1 is 0.368 bits per heavy atom. The molecule has 0 spiro atoms. The van der Waals surface area contributed by atoms with Gasteiger partial charge < -0.3 is 0 Å². The minimum absolute atomic E-state index is 1.37. The van der Waals surface area contributed by atoms with Crippen LogP contribution < -0.4 is 0 Å². The molecular weight excluding hydrogens is 228 g/mol. The Kier molecular flexibility index (Phi) is 16.5. The molecule has 0 heterocycles. The van der Waals surface area contributed by atoms with Gasteiger partial charge in [-0.3, -0.25) is 0 Å². The summed E-state index contributed by atoms with van der Waals surface area (Å²) in [6, 6.07) is 12.0. The minimum atomic E-state index is 1.37. The highest BCUT2D eigenvalue weighted by Gasteiger charge is 1.90. The minimum Gasteiger partial charge on any atom is -0.0654 e. The Hall–Kier alpha value is -0.780. The van der Waals surface area contributed by atoms with Crippen LogP contribution in [-0.4, -0.2) is 0 Å². The third-order valence-electron chi connectivity index (χ3n) is 3.37. The molecule has 0 aliphatic carbocycles. The largest absolute Gasteiger partial charge is 0.0654 e. The maximum absolute atomic E-state index is 2.28. The summed E-state index contributed by atoms with van der Waals surface area (Å²) in [6.45, 7) is 4.56. The molecule has 0 aliphatic rings. The van der Waals surface area contributed by atoms with E-state index in [1.165, 1.54) is 70.6 Å². The Morgan fingerprint density at radius 3 is 0.789 bits per heavy atom. The number of hydrogen-bond acceptors (Lipinski definition) is 0. The molecule has 1 aromatic carbocycles. The van der Waals surface area contributed by atoms with Gasteiger partial charge in [-0.25, -0.2) is 0 Å². The molecule has 0 N–H and O–H groups in total. The molecule has 110 valence electrons. The van der Waals surface area contributed by atoms with Gasteiger partial charge in [0.2, 0.25) is 0 Å². The first kappa shape index (κ1) is 18.2. The van der Waals surface area contributed by atoms with Crippen molar-refractivity contribution in [3.8, 4) is 0 Å².